The number of pyridine rings is 1. The summed E-state index contributed by atoms with van der Waals surface area (Å²) in [6.07, 6.45) is 4.18. The van der Waals surface area contributed by atoms with Gasteiger partial charge in [0.25, 0.3) is 5.91 Å². The van der Waals surface area contributed by atoms with Gasteiger partial charge in [0.15, 0.2) is 0 Å². The van der Waals surface area contributed by atoms with E-state index in [0.29, 0.717) is 23.4 Å². The minimum absolute atomic E-state index is 0.00291. The first-order chi connectivity index (χ1) is 12.5. The van der Waals surface area contributed by atoms with Crippen LogP contribution in [0.4, 0.5) is 0 Å². The maximum Gasteiger partial charge on any atom is 0.271 e. The van der Waals surface area contributed by atoms with Gasteiger partial charge in [-0.15, -0.1) is 0 Å². The fraction of sp³-hybridized carbons (Fsp3) is 0.300. The Morgan fingerprint density at radius 1 is 1.23 bits per heavy atom. The number of carbonyl (C=O) groups is 2. The molecule has 1 aliphatic rings. The molecule has 0 spiro atoms. The normalized spacial score (nSPS) is 14.8. The van der Waals surface area contributed by atoms with E-state index in [4.69, 9.17) is 11.6 Å². The molecule has 2 aromatic rings. The van der Waals surface area contributed by atoms with Gasteiger partial charge in [-0.3, -0.25) is 14.6 Å². The molecule has 6 heteroatoms. The summed E-state index contributed by atoms with van der Waals surface area (Å²) in [6, 6.07) is 12.7. The molecular weight excluding hydrogens is 350 g/mol. The molecule has 1 aromatic carbocycles. The van der Waals surface area contributed by atoms with Crippen LogP contribution in [0.3, 0.4) is 0 Å². The first kappa shape index (κ1) is 18.1. The third-order valence-electron chi connectivity index (χ3n) is 4.58. The summed E-state index contributed by atoms with van der Waals surface area (Å²) in [5.41, 5.74) is 0.942. The summed E-state index contributed by atoms with van der Waals surface area (Å²) < 4.78 is 0. The van der Waals surface area contributed by atoms with Gasteiger partial charge in [-0.1, -0.05) is 29.8 Å². The first-order valence-electron chi connectivity index (χ1n) is 8.45. The summed E-state index contributed by atoms with van der Waals surface area (Å²) in [5, 5.41) is 12.6. The summed E-state index contributed by atoms with van der Waals surface area (Å²) in [7, 11) is 0. The highest BCUT2D eigenvalue weighted by Gasteiger charge is 2.39. The van der Waals surface area contributed by atoms with Crippen LogP contribution in [0.1, 0.15) is 40.9 Å². The Morgan fingerprint density at radius 2 is 2.00 bits per heavy atom. The van der Waals surface area contributed by atoms with Gasteiger partial charge in [0.05, 0.1) is 6.07 Å². The number of ketones is 1. The molecule has 132 valence electrons. The van der Waals surface area contributed by atoms with E-state index in [1.807, 2.05) is 18.2 Å². The fourth-order valence-corrected chi connectivity index (χ4v) is 3.13. The average Bonchev–Trinajstić information content (AvgIpc) is 2.60. The van der Waals surface area contributed by atoms with E-state index >= 15 is 0 Å². The third kappa shape index (κ3) is 4.09. The van der Waals surface area contributed by atoms with E-state index in [9.17, 15) is 14.9 Å². The van der Waals surface area contributed by atoms with Gasteiger partial charge in [0.2, 0.25) is 0 Å². The van der Waals surface area contributed by atoms with Crippen LogP contribution in [-0.2, 0) is 17.6 Å². The molecule has 0 saturated heterocycles. The molecule has 1 saturated carbocycles. The number of hydrogen-bond acceptors (Lipinski definition) is 4. The predicted molar refractivity (Wildman–Crippen MR) is 97.8 cm³/mol. The predicted octanol–water partition coefficient (Wildman–Crippen LogP) is 3.27. The Hall–Kier alpha value is -2.71. The third-order valence-corrected chi connectivity index (χ3v) is 4.95. The lowest BCUT2D eigenvalue weighted by molar-refractivity contribution is -0.117. The van der Waals surface area contributed by atoms with Gasteiger partial charge in [-0.05, 0) is 48.6 Å². The van der Waals surface area contributed by atoms with Crippen molar-refractivity contribution in [2.45, 2.75) is 37.6 Å². The number of amides is 1. The monoisotopic (exact) mass is 367 g/mol. The quantitative estimate of drug-likeness (QED) is 0.849. The van der Waals surface area contributed by atoms with Crippen molar-refractivity contribution in [3.63, 3.8) is 0 Å². The van der Waals surface area contributed by atoms with E-state index < -0.39 is 5.54 Å². The number of nitrogens with zero attached hydrogens (tertiary/aromatic N) is 2. The number of halogens is 1. The molecule has 0 unspecified atom stereocenters. The maximum absolute atomic E-state index is 12.4. The minimum atomic E-state index is -0.769. The lowest BCUT2D eigenvalue weighted by Gasteiger charge is -2.35. The number of rotatable bonds is 6. The van der Waals surface area contributed by atoms with Gasteiger partial charge in [-0.2, -0.15) is 5.26 Å². The topological polar surface area (TPSA) is 82.9 Å². The van der Waals surface area contributed by atoms with Crippen molar-refractivity contribution in [2.24, 2.45) is 0 Å². The molecule has 1 N–H and O–H groups in total. The van der Waals surface area contributed by atoms with Crippen LogP contribution >= 0.6 is 11.6 Å². The molecule has 1 amide bonds. The molecule has 1 aliphatic carbocycles. The molecule has 3 rings (SSSR count). The Morgan fingerprint density at radius 3 is 2.65 bits per heavy atom. The zero-order chi connectivity index (χ0) is 18.6. The van der Waals surface area contributed by atoms with Crippen molar-refractivity contribution in [3.05, 3.63) is 64.4 Å². The van der Waals surface area contributed by atoms with Gasteiger partial charge in [-0.25, -0.2) is 0 Å². The van der Waals surface area contributed by atoms with E-state index in [2.05, 4.69) is 16.4 Å². The van der Waals surface area contributed by atoms with Crippen molar-refractivity contribution in [3.8, 4) is 6.07 Å². The Bertz CT molecular complexity index is 885. The smallest absolute Gasteiger partial charge is 0.271 e. The Kier molecular flexibility index (Phi) is 5.34. The molecule has 26 heavy (non-hydrogen) atoms. The first-order valence-corrected chi connectivity index (χ1v) is 8.83. The number of hydrogen-bond donors (Lipinski definition) is 1. The van der Waals surface area contributed by atoms with Crippen LogP contribution in [0, 0.1) is 11.3 Å². The number of nitriles is 1. The minimum Gasteiger partial charge on any atom is -0.332 e. The maximum atomic E-state index is 12.4. The molecule has 0 bridgehead atoms. The second-order valence-corrected chi connectivity index (χ2v) is 6.94. The Balaban J connectivity index is 1.65. The zero-order valence-electron chi connectivity index (χ0n) is 14.2. The molecule has 0 atom stereocenters. The summed E-state index contributed by atoms with van der Waals surface area (Å²) in [4.78, 5) is 28.7. The van der Waals surface area contributed by atoms with Crippen molar-refractivity contribution in [1.29, 1.82) is 5.26 Å². The fourth-order valence-electron chi connectivity index (χ4n) is 2.93. The van der Waals surface area contributed by atoms with Crippen molar-refractivity contribution >= 4 is 23.3 Å². The van der Waals surface area contributed by atoms with E-state index in [1.54, 1.807) is 18.2 Å². The molecule has 5 nitrogen and oxygen atoms in total. The van der Waals surface area contributed by atoms with E-state index in [0.717, 1.165) is 12.0 Å². The molecule has 1 fully saturated rings. The van der Waals surface area contributed by atoms with Crippen molar-refractivity contribution in [1.82, 2.24) is 10.3 Å². The number of Topliss-reactive ketones (excluding diaryl/α,β-unsaturated/α-hetero) is 1. The number of nitrogens with one attached hydrogen (secondary N) is 1. The molecule has 1 heterocycles. The summed E-state index contributed by atoms with van der Waals surface area (Å²) in [6.45, 7) is 0. The molecule has 0 radical (unpaired) electrons. The average molecular weight is 368 g/mol. The van der Waals surface area contributed by atoms with Crippen molar-refractivity contribution < 1.29 is 9.59 Å². The highest BCUT2D eigenvalue weighted by Crippen LogP contribution is 2.31. The summed E-state index contributed by atoms with van der Waals surface area (Å²) >= 11 is 6.09. The number of aromatic nitrogens is 1. The van der Waals surface area contributed by atoms with E-state index in [-0.39, 0.29) is 30.2 Å². The SMILES string of the molecule is N#CC1(NC(=O)c2cc(CC(=O)Cc3ccccc3Cl)ccn2)CCC1. The number of benzene rings is 1. The largest absolute Gasteiger partial charge is 0.332 e. The van der Waals surface area contributed by atoms with Crippen LogP contribution in [-0.4, -0.2) is 22.2 Å². The van der Waals surface area contributed by atoms with Crippen LogP contribution in [0.5, 0.6) is 0 Å². The molecule has 1 aromatic heterocycles. The van der Waals surface area contributed by atoms with Crippen molar-refractivity contribution in [2.75, 3.05) is 0 Å². The lowest BCUT2D eigenvalue weighted by atomic mass is 9.78. The molecule has 0 aliphatic heterocycles. The highest BCUT2D eigenvalue weighted by molar-refractivity contribution is 6.31. The lowest BCUT2D eigenvalue weighted by Crippen LogP contribution is -2.52. The summed E-state index contributed by atoms with van der Waals surface area (Å²) in [5.74, 6) is -0.380. The van der Waals surface area contributed by atoms with Gasteiger partial charge in [0, 0.05) is 24.1 Å². The zero-order valence-corrected chi connectivity index (χ0v) is 14.9. The number of carbonyl (C=O) groups excluding carboxylic acids is 2. The van der Waals surface area contributed by atoms with Crippen LogP contribution < -0.4 is 5.32 Å². The van der Waals surface area contributed by atoms with Gasteiger partial charge >= 0.3 is 0 Å². The highest BCUT2D eigenvalue weighted by atomic mass is 35.5. The van der Waals surface area contributed by atoms with Gasteiger partial charge in [0.1, 0.15) is 17.0 Å². The Labute approximate surface area is 157 Å². The second kappa shape index (κ2) is 7.67. The van der Waals surface area contributed by atoms with Crippen LogP contribution in [0.25, 0.3) is 0 Å². The van der Waals surface area contributed by atoms with Crippen LogP contribution in [0.15, 0.2) is 42.6 Å². The van der Waals surface area contributed by atoms with E-state index in [1.165, 1.54) is 6.20 Å². The standard InChI is InChI=1S/C20H18ClN3O2/c21-17-5-2-1-4-15(17)12-16(25)10-14-6-9-23-18(11-14)19(26)24-20(13-22)7-3-8-20/h1-2,4-6,9,11H,3,7-8,10,12H2,(H,24,26). The van der Waals surface area contributed by atoms with Crippen LogP contribution in [0.2, 0.25) is 5.02 Å². The second-order valence-electron chi connectivity index (χ2n) is 6.53. The molecular formula is C20H18ClN3O2. The van der Waals surface area contributed by atoms with Gasteiger partial charge < -0.3 is 5.32 Å².